The molecular formula is C11H11LiO. The molecular weight excluding hydrogens is 155 g/mol. The SMILES string of the molecule is [C-]#Cc1ccc(OCCC)cc1.[Li+]. The molecule has 0 aliphatic carbocycles. The van der Waals surface area contributed by atoms with Crippen molar-refractivity contribution in [3.63, 3.8) is 0 Å². The van der Waals surface area contributed by atoms with Gasteiger partial charge in [-0.3, -0.25) is 5.92 Å². The van der Waals surface area contributed by atoms with Gasteiger partial charge in [0.2, 0.25) is 0 Å². The van der Waals surface area contributed by atoms with Gasteiger partial charge in [-0.25, -0.2) is 0 Å². The van der Waals surface area contributed by atoms with Crippen LogP contribution in [0, 0.1) is 12.3 Å². The van der Waals surface area contributed by atoms with E-state index in [0.29, 0.717) is 0 Å². The van der Waals surface area contributed by atoms with Crippen molar-refractivity contribution in [2.45, 2.75) is 13.3 Å². The van der Waals surface area contributed by atoms with Crippen LogP contribution in [0.3, 0.4) is 0 Å². The van der Waals surface area contributed by atoms with Gasteiger partial charge in [-0.1, -0.05) is 6.92 Å². The molecule has 0 N–H and O–H groups in total. The van der Waals surface area contributed by atoms with E-state index in [1.165, 1.54) is 0 Å². The minimum absolute atomic E-state index is 0. The third-order valence-electron chi connectivity index (χ3n) is 1.47. The number of rotatable bonds is 3. The van der Waals surface area contributed by atoms with Crippen LogP contribution in [0.1, 0.15) is 18.9 Å². The van der Waals surface area contributed by atoms with Gasteiger partial charge in [0.15, 0.2) is 0 Å². The molecule has 1 nitrogen and oxygen atoms in total. The van der Waals surface area contributed by atoms with Crippen molar-refractivity contribution in [1.29, 1.82) is 0 Å². The summed E-state index contributed by atoms with van der Waals surface area (Å²) < 4.78 is 5.37. The summed E-state index contributed by atoms with van der Waals surface area (Å²) in [6.45, 7) is 2.81. The second kappa shape index (κ2) is 6.67. The summed E-state index contributed by atoms with van der Waals surface area (Å²) in [5.41, 5.74) is 0.777. The van der Waals surface area contributed by atoms with E-state index in [0.717, 1.165) is 24.3 Å². The first-order valence-corrected chi connectivity index (χ1v) is 4.02. The first-order chi connectivity index (χ1) is 5.86. The van der Waals surface area contributed by atoms with Gasteiger partial charge in [0.1, 0.15) is 5.75 Å². The molecule has 0 heterocycles. The van der Waals surface area contributed by atoms with Crippen molar-refractivity contribution >= 4 is 0 Å². The van der Waals surface area contributed by atoms with Crippen LogP contribution in [-0.4, -0.2) is 6.61 Å². The Kier molecular flexibility index (Phi) is 6.25. The first-order valence-electron chi connectivity index (χ1n) is 4.02. The maximum absolute atomic E-state index is 6.86. The fourth-order valence-electron chi connectivity index (χ4n) is 0.854. The van der Waals surface area contributed by atoms with Crippen molar-refractivity contribution in [2.75, 3.05) is 6.61 Å². The zero-order valence-corrected chi connectivity index (χ0v) is 8.13. The van der Waals surface area contributed by atoms with Gasteiger partial charge in [0, 0.05) is 0 Å². The maximum Gasteiger partial charge on any atom is 1.00 e. The molecule has 62 valence electrons. The predicted molar refractivity (Wildman–Crippen MR) is 48.5 cm³/mol. The summed E-state index contributed by atoms with van der Waals surface area (Å²) in [5.74, 6) is 3.16. The van der Waals surface area contributed by atoms with E-state index in [1.807, 2.05) is 24.3 Å². The fourth-order valence-corrected chi connectivity index (χ4v) is 0.854. The molecule has 0 saturated heterocycles. The maximum atomic E-state index is 6.86. The molecule has 1 rings (SSSR count). The molecule has 1 aromatic rings. The Balaban J connectivity index is 0.00000144. The molecule has 0 unspecified atom stereocenters. The predicted octanol–water partition coefficient (Wildman–Crippen LogP) is -0.583. The molecule has 0 fully saturated rings. The third-order valence-corrected chi connectivity index (χ3v) is 1.47. The quantitative estimate of drug-likeness (QED) is 0.331. The van der Waals surface area contributed by atoms with Crippen molar-refractivity contribution in [1.82, 2.24) is 0 Å². The molecule has 0 spiro atoms. The Labute approximate surface area is 91.7 Å². The topological polar surface area (TPSA) is 9.23 Å². The molecule has 1 aromatic carbocycles. The molecule has 0 atom stereocenters. The van der Waals surface area contributed by atoms with Crippen LogP contribution >= 0.6 is 0 Å². The minimum Gasteiger partial charge on any atom is -0.494 e. The van der Waals surface area contributed by atoms with Gasteiger partial charge in [-0.2, -0.15) is 0 Å². The largest absolute Gasteiger partial charge is 1.00 e. The molecule has 0 amide bonds. The fraction of sp³-hybridized carbons (Fsp3) is 0.273. The summed E-state index contributed by atoms with van der Waals surface area (Å²) in [4.78, 5) is 0. The zero-order chi connectivity index (χ0) is 8.81. The Morgan fingerprint density at radius 1 is 1.31 bits per heavy atom. The third kappa shape index (κ3) is 4.09. The summed E-state index contributed by atoms with van der Waals surface area (Å²) in [5, 5.41) is 0. The van der Waals surface area contributed by atoms with Gasteiger partial charge < -0.3 is 11.2 Å². The van der Waals surface area contributed by atoms with E-state index in [1.54, 1.807) is 0 Å². The zero-order valence-electron chi connectivity index (χ0n) is 8.13. The smallest absolute Gasteiger partial charge is 0.494 e. The standard InChI is InChI=1S/C11H11O.Li/c1-3-9-12-11-7-5-10(4-2)6-8-11;/h5-8H,3,9H2,1H3;/q-1;+1. The van der Waals surface area contributed by atoms with Crippen LogP contribution in [0.15, 0.2) is 24.3 Å². The average molecular weight is 166 g/mol. The monoisotopic (exact) mass is 166 g/mol. The first kappa shape index (κ1) is 12.2. The van der Waals surface area contributed by atoms with Gasteiger partial charge in [0.05, 0.1) is 6.61 Å². The number of benzene rings is 1. The Bertz CT molecular complexity index is 271. The second-order valence-electron chi connectivity index (χ2n) is 2.50. The number of hydrogen-bond acceptors (Lipinski definition) is 1. The Morgan fingerprint density at radius 2 is 1.92 bits per heavy atom. The molecule has 0 radical (unpaired) electrons. The van der Waals surface area contributed by atoms with Gasteiger partial charge >= 0.3 is 18.9 Å². The van der Waals surface area contributed by atoms with E-state index >= 15 is 0 Å². The van der Waals surface area contributed by atoms with Crippen LogP contribution in [0.2, 0.25) is 0 Å². The Morgan fingerprint density at radius 3 is 2.38 bits per heavy atom. The Hall–Kier alpha value is -0.823. The summed E-state index contributed by atoms with van der Waals surface area (Å²) in [7, 11) is 0. The summed E-state index contributed by atoms with van der Waals surface area (Å²) >= 11 is 0. The molecule has 13 heavy (non-hydrogen) atoms. The minimum atomic E-state index is 0. The number of hydrogen-bond donors (Lipinski definition) is 0. The average Bonchev–Trinajstić information content (AvgIpc) is 2.15. The van der Waals surface area contributed by atoms with Gasteiger partial charge in [0.25, 0.3) is 0 Å². The van der Waals surface area contributed by atoms with Gasteiger partial charge in [-0.15, -0.1) is 17.7 Å². The van der Waals surface area contributed by atoms with E-state index < -0.39 is 0 Å². The van der Waals surface area contributed by atoms with Crippen LogP contribution in [0.4, 0.5) is 0 Å². The summed E-state index contributed by atoms with van der Waals surface area (Å²) in [6.07, 6.45) is 7.87. The molecule has 0 aliphatic rings. The van der Waals surface area contributed by atoms with E-state index in [-0.39, 0.29) is 18.9 Å². The van der Waals surface area contributed by atoms with Crippen molar-refractivity contribution in [3.8, 4) is 11.7 Å². The van der Waals surface area contributed by atoms with Crippen molar-refractivity contribution < 1.29 is 23.6 Å². The normalized spacial score (nSPS) is 8.31. The van der Waals surface area contributed by atoms with E-state index in [4.69, 9.17) is 11.2 Å². The van der Waals surface area contributed by atoms with E-state index in [9.17, 15) is 0 Å². The van der Waals surface area contributed by atoms with Crippen molar-refractivity contribution in [2.24, 2.45) is 0 Å². The van der Waals surface area contributed by atoms with Gasteiger partial charge in [-0.05, 0) is 18.6 Å². The summed E-state index contributed by atoms with van der Waals surface area (Å²) in [6, 6.07) is 7.34. The molecule has 0 aromatic heterocycles. The van der Waals surface area contributed by atoms with Crippen LogP contribution in [0.5, 0.6) is 5.75 Å². The van der Waals surface area contributed by atoms with Crippen LogP contribution < -0.4 is 23.6 Å². The second-order valence-corrected chi connectivity index (χ2v) is 2.50. The van der Waals surface area contributed by atoms with Crippen molar-refractivity contribution in [3.05, 3.63) is 36.3 Å². The molecule has 0 saturated carbocycles. The van der Waals surface area contributed by atoms with E-state index in [2.05, 4.69) is 12.8 Å². The molecule has 0 bridgehead atoms. The molecule has 2 heteroatoms. The molecule has 0 aliphatic heterocycles. The van der Waals surface area contributed by atoms with Crippen LogP contribution in [0.25, 0.3) is 0 Å². The number of ether oxygens (including phenoxy) is 1. The van der Waals surface area contributed by atoms with Crippen LogP contribution in [-0.2, 0) is 0 Å².